The second-order valence-corrected chi connectivity index (χ2v) is 2.95. The summed E-state index contributed by atoms with van der Waals surface area (Å²) in [5.41, 5.74) is 1.84. The van der Waals surface area contributed by atoms with E-state index in [1.165, 1.54) is 11.9 Å². The van der Waals surface area contributed by atoms with Crippen LogP contribution in [0.2, 0.25) is 0 Å². The van der Waals surface area contributed by atoms with Crippen LogP contribution >= 0.6 is 11.9 Å². The van der Waals surface area contributed by atoms with E-state index in [0.29, 0.717) is 5.88 Å². The molecule has 0 aliphatic carbocycles. The van der Waals surface area contributed by atoms with Crippen LogP contribution in [0.15, 0.2) is 18.8 Å². The van der Waals surface area contributed by atoms with E-state index >= 15 is 0 Å². The Labute approximate surface area is 82.3 Å². The van der Waals surface area contributed by atoms with Crippen molar-refractivity contribution in [2.24, 2.45) is 0 Å². The molecular formula is C9H12N2OS. The van der Waals surface area contributed by atoms with Gasteiger partial charge in [-0.05, 0) is 6.07 Å². The number of aromatic nitrogens is 1. The minimum Gasteiger partial charge on any atom is -0.481 e. The third-order valence-corrected chi connectivity index (χ3v) is 1.95. The Hall–Kier alpha value is -1.16. The maximum Gasteiger partial charge on any atom is 0.220 e. The van der Waals surface area contributed by atoms with Crippen molar-refractivity contribution in [1.29, 1.82) is 0 Å². The van der Waals surface area contributed by atoms with Gasteiger partial charge in [0.1, 0.15) is 0 Å². The molecule has 0 spiro atoms. The smallest absolute Gasteiger partial charge is 0.220 e. The van der Waals surface area contributed by atoms with Crippen molar-refractivity contribution >= 4 is 23.7 Å². The van der Waals surface area contributed by atoms with Gasteiger partial charge < -0.3 is 9.46 Å². The highest BCUT2D eigenvalue weighted by atomic mass is 32.2. The third kappa shape index (κ3) is 2.39. The van der Waals surface area contributed by atoms with Crippen LogP contribution in [0.25, 0.3) is 6.08 Å². The number of hydrogen-bond acceptors (Lipinski definition) is 4. The number of pyridine rings is 1. The molecule has 0 atom stereocenters. The first kappa shape index (κ1) is 9.92. The van der Waals surface area contributed by atoms with E-state index in [9.17, 15) is 0 Å². The topological polar surface area (TPSA) is 34.2 Å². The van der Waals surface area contributed by atoms with Crippen molar-refractivity contribution in [3.63, 3.8) is 0 Å². The van der Waals surface area contributed by atoms with Gasteiger partial charge in [0, 0.05) is 11.8 Å². The van der Waals surface area contributed by atoms with Crippen molar-refractivity contribution in [3.05, 3.63) is 24.4 Å². The first-order chi connectivity index (χ1) is 6.31. The fourth-order valence-corrected chi connectivity index (χ4v) is 1.31. The van der Waals surface area contributed by atoms with Gasteiger partial charge in [-0.25, -0.2) is 4.98 Å². The minimum atomic E-state index is 0.599. The lowest BCUT2D eigenvalue weighted by Gasteiger charge is -2.06. The zero-order valence-electron chi connectivity index (χ0n) is 7.70. The number of rotatable bonds is 4. The van der Waals surface area contributed by atoms with Gasteiger partial charge in [-0.2, -0.15) is 0 Å². The number of nitrogens with zero attached hydrogens (tertiary/aromatic N) is 1. The van der Waals surface area contributed by atoms with E-state index < -0.39 is 0 Å². The predicted octanol–water partition coefficient (Wildman–Crippen LogP) is 2.42. The van der Waals surface area contributed by atoms with Gasteiger partial charge in [0.05, 0.1) is 19.0 Å². The molecular weight excluding hydrogens is 184 g/mol. The summed E-state index contributed by atoms with van der Waals surface area (Å²) in [5.74, 6) is 0.599. The lowest BCUT2D eigenvalue weighted by molar-refractivity contribution is 0.397. The average molecular weight is 196 g/mol. The summed E-state index contributed by atoms with van der Waals surface area (Å²) in [7, 11) is 1.59. The Morgan fingerprint density at radius 1 is 1.69 bits per heavy atom. The van der Waals surface area contributed by atoms with Crippen molar-refractivity contribution in [3.8, 4) is 5.88 Å². The van der Waals surface area contributed by atoms with Crippen LogP contribution in [0.5, 0.6) is 5.88 Å². The molecule has 0 saturated heterocycles. The molecule has 4 heteroatoms. The maximum absolute atomic E-state index is 5.05. The molecule has 0 aromatic carbocycles. The molecule has 70 valence electrons. The highest BCUT2D eigenvalue weighted by Gasteiger charge is 2.01. The summed E-state index contributed by atoms with van der Waals surface area (Å²) in [6.07, 6.45) is 5.40. The number of nitrogens with one attached hydrogen (secondary N) is 1. The van der Waals surface area contributed by atoms with Gasteiger partial charge in [-0.15, -0.1) is 0 Å². The highest BCUT2D eigenvalue weighted by molar-refractivity contribution is 7.99. The Kier molecular flexibility index (Phi) is 3.64. The Morgan fingerprint density at radius 3 is 3.00 bits per heavy atom. The van der Waals surface area contributed by atoms with E-state index in [2.05, 4.69) is 16.3 Å². The van der Waals surface area contributed by atoms with Gasteiger partial charge in [0.25, 0.3) is 0 Å². The maximum atomic E-state index is 5.05. The predicted molar refractivity (Wildman–Crippen MR) is 58.0 cm³/mol. The van der Waals surface area contributed by atoms with Crippen LogP contribution < -0.4 is 9.46 Å². The van der Waals surface area contributed by atoms with Gasteiger partial charge in [0.15, 0.2) is 0 Å². The second kappa shape index (κ2) is 4.77. The molecule has 1 rings (SSSR count). The average Bonchev–Trinajstić information content (AvgIpc) is 2.18. The molecule has 1 heterocycles. The van der Waals surface area contributed by atoms with Crippen molar-refractivity contribution in [2.45, 2.75) is 0 Å². The van der Waals surface area contributed by atoms with Crippen molar-refractivity contribution in [2.75, 3.05) is 18.1 Å². The Morgan fingerprint density at radius 2 is 2.46 bits per heavy atom. The van der Waals surface area contributed by atoms with Gasteiger partial charge in [0.2, 0.25) is 5.88 Å². The van der Waals surface area contributed by atoms with Gasteiger partial charge >= 0.3 is 0 Å². The lowest BCUT2D eigenvalue weighted by atomic mass is 10.2. The Bertz CT molecular complexity index is 302. The van der Waals surface area contributed by atoms with Crippen LogP contribution in [0, 0.1) is 0 Å². The van der Waals surface area contributed by atoms with Crippen molar-refractivity contribution in [1.82, 2.24) is 4.98 Å². The SMILES string of the molecule is C=Cc1cc(NSC)cnc1OC. The first-order valence-electron chi connectivity index (χ1n) is 3.77. The fourth-order valence-electron chi connectivity index (χ4n) is 0.960. The zero-order chi connectivity index (χ0) is 9.68. The van der Waals surface area contributed by atoms with Gasteiger partial charge in [-0.1, -0.05) is 24.6 Å². The van der Waals surface area contributed by atoms with Crippen molar-refractivity contribution < 1.29 is 4.74 Å². The quantitative estimate of drug-likeness (QED) is 0.750. The standard InChI is InChI=1S/C9H12N2OS/c1-4-7-5-8(11-13-3)6-10-9(7)12-2/h4-6,11H,1H2,2-3H3. The van der Waals surface area contributed by atoms with Gasteiger partial charge in [-0.3, -0.25) is 0 Å². The summed E-state index contributed by atoms with van der Waals surface area (Å²) in [6.45, 7) is 3.69. The monoisotopic (exact) mass is 196 g/mol. The fraction of sp³-hybridized carbons (Fsp3) is 0.222. The summed E-state index contributed by atoms with van der Waals surface area (Å²) in [5, 5.41) is 0. The molecule has 0 radical (unpaired) electrons. The Balaban J connectivity index is 2.98. The normalized spacial score (nSPS) is 9.38. The number of methoxy groups -OCH3 is 1. The van der Waals surface area contributed by atoms with E-state index in [0.717, 1.165) is 11.3 Å². The second-order valence-electron chi connectivity index (χ2n) is 2.33. The molecule has 0 unspecified atom stereocenters. The van der Waals surface area contributed by atoms with Crippen LogP contribution in [-0.4, -0.2) is 18.3 Å². The highest BCUT2D eigenvalue weighted by Crippen LogP contribution is 2.21. The molecule has 0 amide bonds. The van der Waals surface area contributed by atoms with Crippen LogP contribution in [0.3, 0.4) is 0 Å². The molecule has 1 N–H and O–H groups in total. The summed E-state index contributed by atoms with van der Waals surface area (Å²) in [6, 6.07) is 1.94. The largest absolute Gasteiger partial charge is 0.481 e. The summed E-state index contributed by atoms with van der Waals surface area (Å²) < 4.78 is 8.14. The van der Waals surface area contributed by atoms with E-state index in [4.69, 9.17) is 4.74 Å². The lowest BCUT2D eigenvalue weighted by Crippen LogP contribution is -1.93. The van der Waals surface area contributed by atoms with E-state index in [1.807, 2.05) is 12.3 Å². The van der Waals surface area contributed by atoms with Crippen LogP contribution in [0.1, 0.15) is 5.56 Å². The molecule has 1 aromatic rings. The summed E-state index contributed by atoms with van der Waals surface area (Å²) >= 11 is 1.52. The van der Waals surface area contributed by atoms with E-state index in [1.54, 1.807) is 19.4 Å². The first-order valence-corrected chi connectivity index (χ1v) is 4.99. The molecule has 0 aliphatic heterocycles. The third-order valence-electron chi connectivity index (χ3n) is 1.51. The number of hydrogen-bond donors (Lipinski definition) is 1. The molecule has 13 heavy (non-hydrogen) atoms. The van der Waals surface area contributed by atoms with E-state index in [-0.39, 0.29) is 0 Å². The molecule has 0 bridgehead atoms. The van der Waals surface area contributed by atoms with Crippen LogP contribution in [-0.2, 0) is 0 Å². The number of anilines is 1. The molecule has 0 fully saturated rings. The van der Waals surface area contributed by atoms with Crippen LogP contribution in [0.4, 0.5) is 5.69 Å². The molecule has 3 nitrogen and oxygen atoms in total. The molecule has 0 saturated carbocycles. The zero-order valence-corrected chi connectivity index (χ0v) is 8.52. The minimum absolute atomic E-state index is 0.599. The number of ether oxygens (including phenoxy) is 1. The summed E-state index contributed by atoms with van der Waals surface area (Å²) in [4.78, 5) is 4.12. The molecule has 0 aliphatic rings. The molecule has 1 aromatic heterocycles.